The van der Waals surface area contributed by atoms with Gasteiger partial charge in [-0.05, 0) is 62.9 Å². The second-order valence-electron chi connectivity index (χ2n) is 9.19. The maximum Gasteiger partial charge on any atom is 0.244 e. The van der Waals surface area contributed by atoms with E-state index in [4.69, 9.17) is 4.74 Å². The third-order valence-electron chi connectivity index (χ3n) is 6.47. The van der Waals surface area contributed by atoms with Crippen molar-refractivity contribution in [3.05, 3.63) is 60.2 Å². The van der Waals surface area contributed by atoms with Crippen molar-refractivity contribution in [2.24, 2.45) is 0 Å². The Morgan fingerprint density at radius 2 is 1.69 bits per heavy atom. The van der Waals surface area contributed by atoms with Crippen LogP contribution in [0.3, 0.4) is 0 Å². The number of amides is 2. The van der Waals surface area contributed by atoms with Gasteiger partial charge >= 0.3 is 0 Å². The summed E-state index contributed by atoms with van der Waals surface area (Å²) in [6.07, 6.45) is 5.67. The van der Waals surface area contributed by atoms with Crippen LogP contribution in [0.1, 0.15) is 45.1 Å². The highest BCUT2D eigenvalue weighted by Crippen LogP contribution is 2.23. The molecule has 2 amide bonds. The van der Waals surface area contributed by atoms with Crippen LogP contribution in [0.15, 0.2) is 54.6 Å². The van der Waals surface area contributed by atoms with Gasteiger partial charge in [-0.25, -0.2) is 8.42 Å². The van der Waals surface area contributed by atoms with Gasteiger partial charge in [0.25, 0.3) is 0 Å². The molecule has 0 bridgehead atoms. The minimum atomic E-state index is -3.76. The van der Waals surface area contributed by atoms with E-state index >= 15 is 0 Å². The molecule has 196 valence electrons. The van der Waals surface area contributed by atoms with Gasteiger partial charge in [0.1, 0.15) is 18.3 Å². The standard InChI is InChI=1S/C27H37N3O5S/c1-4-35-25-16-14-24(15-17-25)30(36(3,33)34)20-26(31)29(19-18-22-10-6-5-7-11-22)21(2)27(32)28-23-12-8-9-13-23/h5-7,10-11,14-17,21,23H,4,8-9,12-13,18-20H2,1-3H3,(H,28,32)/t21-/m0/s1. The van der Waals surface area contributed by atoms with Crippen molar-refractivity contribution in [2.45, 2.75) is 58.0 Å². The number of carbonyl (C=O) groups is 2. The van der Waals surface area contributed by atoms with Crippen molar-refractivity contribution >= 4 is 27.5 Å². The van der Waals surface area contributed by atoms with Crippen molar-refractivity contribution in [3.8, 4) is 5.75 Å². The monoisotopic (exact) mass is 515 g/mol. The summed E-state index contributed by atoms with van der Waals surface area (Å²) in [6.45, 7) is 3.95. The molecule has 3 rings (SSSR count). The quantitative estimate of drug-likeness (QED) is 0.468. The minimum absolute atomic E-state index is 0.127. The summed E-state index contributed by atoms with van der Waals surface area (Å²) in [5.74, 6) is -0.0303. The fourth-order valence-electron chi connectivity index (χ4n) is 4.45. The summed E-state index contributed by atoms with van der Waals surface area (Å²) >= 11 is 0. The summed E-state index contributed by atoms with van der Waals surface area (Å²) < 4.78 is 31.8. The molecule has 0 unspecified atom stereocenters. The second kappa shape index (κ2) is 12.8. The van der Waals surface area contributed by atoms with E-state index < -0.39 is 28.5 Å². The Bertz CT molecular complexity index is 1100. The number of nitrogens with one attached hydrogen (secondary N) is 1. The van der Waals surface area contributed by atoms with Gasteiger partial charge < -0.3 is 15.0 Å². The van der Waals surface area contributed by atoms with Crippen molar-refractivity contribution in [1.29, 1.82) is 0 Å². The number of anilines is 1. The zero-order valence-corrected chi connectivity index (χ0v) is 22.2. The Hall–Kier alpha value is -3.07. The number of rotatable bonds is 12. The Morgan fingerprint density at radius 3 is 2.28 bits per heavy atom. The maximum absolute atomic E-state index is 13.6. The van der Waals surface area contributed by atoms with E-state index in [-0.39, 0.29) is 11.9 Å². The van der Waals surface area contributed by atoms with E-state index in [9.17, 15) is 18.0 Å². The van der Waals surface area contributed by atoms with E-state index in [1.54, 1.807) is 31.2 Å². The Labute approximate surface area is 214 Å². The number of nitrogens with zero attached hydrogens (tertiary/aromatic N) is 2. The zero-order valence-electron chi connectivity index (χ0n) is 21.4. The molecule has 0 aliphatic heterocycles. The van der Waals surface area contributed by atoms with Crippen LogP contribution in [-0.2, 0) is 26.0 Å². The van der Waals surface area contributed by atoms with Crippen LogP contribution in [0, 0.1) is 0 Å². The van der Waals surface area contributed by atoms with Gasteiger partial charge in [-0.15, -0.1) is 0 Å². The zero-order chi connectivity index (χ0) is 26.1. The first kappa shape index (κ1) is 27.5. The summed E-state index contributed by atoms with van der Waals surface area (Å²) in [7, 11) is -3.76. The molecule has 2 aromatic rings. The molecule has 1 aliphatic carbocycles. The van der Waals surface area contributed by atoms with Crippen molar-refractivity contribution in [3.63, 3.8) is 0 Å². The second-order valence-corrected chi connectivity index (χ2v) is 11.1. The molecule has 1 atom stereocenters. The first-order valence-corrected chi connectivity index (χ1v) is 14.4. The number of carbonyl (C=O) groups excluding carboxylic acids is 2. The molecule has 1 fully saturated rings. The lowest BCUT2D eigenvalue weighted by molar-refractivity contribution is -0.139. The summed E-state index contributed by atoms with van der Waals surface area (Å²) in [6, 6.07) is 15.7. The molecule has 0 heterocycles. The molecule has 1 aliphatic rings. The van der Waals surface area contributed by atoms with Crippen molar-refractivity contribution in [2.75, 3.05) is 30.3 Å². The van der Waals surface area contributed by atoms with Crippen LogP contribution < -0.4 is 14.4 Å². The highest BCUT2D eigenvalue weighted by atomic mass is 32.2. The van der Waals surface area contributed by atoms with Gasteiger partial charge in [0.15, 0.2) is 0 Å². The van der Waals surface area contributed by atoms with Gasteiger partial charge in [-0.2, -0.15) is 0 Å². The van der Waals surface area contributed by atoms with E-state index in [1.807, 2.05) is 37.3 Å². The number of ether oxygens (including phenoxy) is 1. The highest BCUT2D eigenvalue weighted by molar-refractivity contribution is 7.92. The molecular weight excluding hydrogens is 478 g/mol. The van der Waals surface area contributed by atoms with Crippen LogP contribution in [0.4, 0.5) is 5.69 Å². The van der Waals surface area contributed by atoms with Crippen LogP contribution >= 0.6 is 0 Å². The summed E-state index contributed by atoms with van der Waals surface area (Å²) in [4.78, 5) is 28.1. The van der Waals surface area contributed by atoms with E-state index in [1.165, 1.54) is 4.90 Å². The molecule has 36 heavy (non-hydrogen) atoms. The lowest BCUT2D eigenvalue weighted by atomic mass is 10.1. The SMILES string of the molecule is CCOc1ccc(N(CC(=O)N(CCc2ccccc2)[C@@H](C)C(=O)NC2CCCC2)S(C)(=O)=O)cc1. The molecule has 0 spiro atoms. The van der Waals surface area contributed by atoms with E-state index in [0.29, 0.717) is 31.0 Å². The molecule has 2 aromatic carbocycles. The van der Waals surface area contributed by atoms with Gasteiger partial charge in [-0.3, -0.25) is 13.9 Å². The van der Waals surface area contributed by atoms with Gasteiger partial charge in [-0.1, -0.05) is 43.2 Å². The Morgan fingerprint density at radius 1 is 1.06 bits per heavy atom. The fraction of sp³-hybridized carbons (Fsp3) is 0.481. The number of hydrogen-bond acceptors (Lipinski definition) is 5. The minimum Gasteiger partial charge on any atom is -0.494 e. The molecule has 1 N–H and O–H groups in total. The first-order valence-electron chi connectivity index (χ1n) is 12.5. The normalized spacial score (nSPS) is 14.8. The maximum atomic E-state index is 13.6. The van der Waals surface area contributed by atoms with Crippen molar-refractivity contribution in [1.82, 2.24) is 10.2 Å². The summed E-state index contributed by atoms with van der Waals surface area (Å²) in [5.41, 5.74) is 1.39. The molecule has 0 saturated heterocycles. The molecule has 0 radical (unpaired) electrons. The van der Waals surface area contributed by atoms with E-state index in [0.717, 1.165) is 41.8 Å². The van der Waals surface area contributed by atoms with Gasteiger partial charge in [0.2, 0.25) is 21.8 Å². The predicted octanol–water partition coefficient (Wildman–Crippen LogP) is 3.37. The average Bonchev–Trinajstić information content (AvgIpc) is 3.36. The number of hydrogen-bond donors (Lipinski definition) is 1. The lowest BCUT2D eigenvalue weighted by Gasteiger charge is -2.32. The smallest absolute Gasteiger partial charge is 0.244 e. The molecule has 1 saturated carbocycles. The van der Waals surface area contributed by atoms with Crippen LogP contribution in [-0.4, -0.2) is 63.2 Å². The van der Waals surface area contributed by atoms with E-state index in [2.05, 4.69) is 5.32 Å². The Kier molecular flexibility index (Phi) is 9.75. The van der Waals surface area contributed by atoms with Gasteiger partial charge in [0.05, 0.1) is 18.6 Å². The lowest BCUT2D eigenvalue weighted by Crippen LogP contribution is -2.53. The fourth-order valence-corrected chi connectivity index (χ4v) is 5.30. The average molecular weight is 516 g/mol. The first-order chi connectivity index (χ1) is 17.2. The molecular formula is C27H37N3O5S. The number of benzene rings is 2. The third kappa shape index (κ3) is 7.71. The number of sulfonamides is 1. The largest absolute Gasteiger partial charge is 0.494 e. The van der Waals surface area contributed by atoms with Crippen molar-refractivity contribution < 1.29 is 22.7 Å². The van der Waals surface area contributed by atoms with Crippen LogP contribution in [0.5, 0.6) is 5.75 Å². The topological polar surface area (TPSA) is 96.0 Å². The molecule has 0 aromatic heterocycles. The summed E-state index contributed by atoms with van der Waals surface area (Å²) in [5, 5.41) is 3.07. The Balaban J connectivity index is 1.80. The predicted molar refractivity (Wildman–Crippen MR) is 142 cm³/mol. The van der Waals surface area contributed by atoms with Crippen LogP contribution in [0.2, 0.25) is 0 Å². The van der Waals surface area contributed by atoms with Crippen LogP contribution in [0.25, 0.3) is 0 Å². The highest BCUT2D eigenvalue weighted by Gasteiger charge is 2.31. The molecule has 8 nitrogen and oxygen atoms in total. The van der Waals surface area contributed by atoms with Gasteiger partial charge in [0, 0.05) is 12.6 Å². The third-order valence-corrected chi connectivity index (χ3v) is 7.61. The molecule has 9 heteroatoms.